The van der Waals surface area contributed by atoms with Crippen molar-refractivity contribution in [2.75, 3.05) is 12.3 Å². The second kappa shape index (κ2) is 6.31. The summed E-state index contributed by atoms with van der Waals surface area (Å²) in [5.41, 5.74) is 7.30. The van der Waals surface area contributed by atoms with Gasteiger partial charge in [-0.15, -0.1) is 0 Å². The average molecular weight is 366 g/mol. The van der Waals surface area contributed by atoms with E-state index in [0.717, 1.165) is 5.56 Å². The number of fused-ring (bicyclic) bond motifs is 1. The molecule has 0 aliphatic carbocycles. The van der Waals surface area contributed by atoms with Crippen LogP contribution in [0, 0.1) is 0 Å². The molecule has 0 amide bonds. The van der Waals surface area contributed by atoms with Gasteiger partial charge in [-0.1, -0.05) is 20.8 Å². The maximum absolute atomic E-state index is 9.75. The molecular weight excluding hydrogens is 338 g/mol. The van der Waals surface area contributed by atoms with Crippen LogP contribution in [0.5, 0.6) is 0 Å². The zero-order valence-corrected chi connectivity index (χ0v) is 16.4. The predicted octanol–water partition coefficient (Wildman–Crippen LogP) is 1.92. The Bertz CT molecular complexity index is 758. The molecule has 0 bridgehead atoms. The number of nitrogens with two attached hydrogens (primary N) is 1. The van der Waals surface area contributed by atoms with Gasteiger partial charge in [-0.05, 0) is 18.1 Å². The molecule has 2 aromatic heterocycles. The molecule has 0 spiro atoms. The lowest BCUT2D eigenvalue weighted by atomic mass is 10.1. The van der Waals surface area contributed by atoms with Gasteiger partial charge in [-0.25, -0.2) is 9.97 Å². The molecule has 3 rings (SSSR count). The van der Waals surface area contributed by atoms with Crippen molar-refractivity contribution in [3.05, 3.63) is 18.1 Å². The molecule has 3 N–H and O–H groups in total. The monoisotopic (exact) mass is 365 g/mol. The molecule has 8 nitrogen and oxygen atoms in total. The molecule has 138 valence electrons. The summed E-state index contributed by atoms with van der Waals surface area (Å²) < 4.78 is 14.1. The van der Waals surface area contributed by atoms with E-state index < -0.39 is 8.32 Å². The lowest BCUT2D eigenvalue weighted by Gasteiger charge is -2.39. The van der Waals surface area contributed by atoms with E-state index >= 15 is 0 Å². The molecule has 3 heterocycles. The largest absolute Gasteiger partial charge is 0.411 e. The molecule has 9 heteroatoms. The third kappa shape index (κ3) is 3.29. The van der Waals surface area contributed by atoms with Crippen LogP contribution in [0.25, 0.3) is 5.65 Å². The lowest BCUT2D eigenvalue weighted by Crippen LogP contribution is -2.46. The highest BCUT2D eigenvalue weighted by Crippen LogP contribution is 2.42. The summed E-state index contributed by atoms with van der Waals surface area (Å²) in [6, 6.07) is 0. The molecule has 25 heavy (non-hydrogen) atoms. The Hall–Kier alpha value is -1.55. The molecule has 0 aromatic carbocycles. The van der Waals surface area contributed by atoms with Crippen molar-refractivity contribution in [2.24, 2.45) is 0 Å². The van der Waals surface area contributed by atoms with E-state index in [1.807, 2.05) is 0 Å². The summed E-state index contributed by atoms with van der Waals surface area (Å²) in [6.45, 7) is 10.9. The maximum atomic E-state index is 9.75. The normalized spacial score (nSPS) is 25.0. The summed E-state index contributed by atoms with van der Waals surface area (Å²) in [4.78, 5) is 8.21. The summed E-state index contributed by atoms with van der Waals surface area (Å²) in [5, 5.41) is 14.1. The molecule has 1 aliphatic heterocycles. The second-order valence-corrected chi connectivity index (χ2v) is 12.8. The van der Waals surface area contributed by atoms with Crippen molar-refractivity contribution in [2.45, 2.75) is 63.6 Å². The predicted molar refractivity (Wildman–Crippen MR) is 96.6 cm³/mol. The van der Waals surface area contributed by atoms with E-state index in [-0.39, 0.29) is 35.9 Å². The smallest absolute Gasteiger partial charge is 0.224 e. The van der Waals surface area contributed by atoms with Crippen LogP contribution in [-0.2, 0) is 9.16 Å². The van der Waals surface area contributed by atoms with E-state index in [1.54, 1.807) is 6.20 Å². The quantitative estimate of drug-likeness (QED) is 0.797. The highest BCUT2D eigenvalue weighted by atomic mass is 28.4. The Balaban J connectivity index is 1.85. The molecule has 2 aromatic rings. The first-order chi connectivity index (χ1) is 11.6. The second-order valence-electron chi connectivity index (χ2n) is 8.07. The van der Waals surface area contributed by atoms with Crippen LogP contribution in [0.2, 0.25) is 18.1 Å². The number of aliphatic hydroxyl groups is 1. The van der Waals surface area contributed by atoms with Gasteiger partial charge in [-0.2, -0.15) is 9.61 Å². The first-order valence-electron chi connectivity index (χ1n) is 8.52. The van der Waals surface area contributed by atoms with Crippen LogP contribution >= 0.6 is 0 Å². The van der Waals surface area contributed by atoms with Crippen molar-refractivity contribution >= 4 is 19.9 Å². The van der Waals surface area contributed by atoms with Crippen molar-refractivity contribution in [3.63, 3.8) is 0 Å². The van der Waals surface area contributed by atoms with E-state index in [0.29, 0.717) is 12.1 Å². The van der Waals surface area contributed by atoms with Gasteiger partial charge >= 0.3 is 0 Å². The number of rotatable bonds is 4. The Morgan fingerprint density at radius 3 is 2.76 bits per heavy atom. The van der Waals surface area contributed by atoms with Gasteiger partial charge in [0, 0.05) is 12.0 Å². The van der Waals surface area contributed by atoms with Crippen LogP contribution < -0.4 is 5.73 Å². The standard InChI is InChI=1S/C16H27N5O3Si/c1-16(2,3)25(4,5)24-12-6-11(23-13(12)8-22)10-7-20-21-14(10)18-9-19-15(21)17/h7,9,11-13,22H,6,8H2,1-5H3,(H2,17,18,19)/t11-,12+,13-/m1/s1. The van der Waals surface area contributed by atoms with Crippen LogP contribution in [0.1, 0.15) is 38.9 Å². The number of hydrogen-bond acceptors (Lipinski definition) is 7. The highest BCUT2D eigenvalue weighted by molar-refractivity contribution is 6.74. The Morgan fingerprint density at radius 2 is 2.12 bits per heavy atom. The van der Waals surface area contributed by atoms with Crippen LogP contribution in [0.4, 0.5) is 5.95 Å². The van der Waals surface area contributed by atoms with Crippen molar-refractivity contribution < 1.29 is 14.3 Å². The number of nitrogens with zero attached hydrogens (tertiary/aromatic N) is 4. The van der Waals surface area contributed by atoms with Crippen LogP contribution in [0.15, 0.2) is 12.5 Å². The zero-order valence-electron chi connectivity index (χ0n) is 15.4. The summed E-state index contributed by atoms with van der Waals surface area (Å²) in [7, 11) is -1.96. The summed E-state index contributed by atoms with van der Waals surface area (Å²) in [5.74, 6) is 0.280. The molecule has 3 atom stereocenters. The van der Waals surface area contributed by atoms with Crippen LogP contribution in [0.3, 0.4) is 0 Å². The molecular formula is C16H27N5O3Si. The zero-order chi connectivity index (χ0) is 18.4. The lowest BCUT2D eigenvalue weighted by molar-refractivity contribution is -0.0192. The number of ether oxygens (including phenoxy) is 1. The number of aromatic nitrogens is 4. The SMILES string of the molecule is CC(C)(C)[Si](C)(C)O[C@H]1C[C@H](c2cnn3c(N)ncnc23)O[C@@H]1CO. The maximum Gasteiger partial charge on any atom is 0.224 e. The fourth-order valence-corrected chi connectivity index (χ4v) is 4.19. The van der Waals surface area contributed by atoms with Crippen molar-refractivity contribution in [3.8, 4) is 0 Å². The van der Waals surface area contributed by atoms with Gasteiger partial charge in [0.25, 0.3) is 0 Å². The van der Waals surface area contributed by atoms with E-state index in [4.69, 9.17) is 14.9 Å². The Labute approximate surface area is 148 Å². The van der Waals surface area contributed by atoms with Crippen LogP contribution in [-0.4, -0.2) is 51.8 Å². The fourth-order valence-electron chi connectivity index (χ4n) is 2.83. The molecule has 0 radical (unpaired) electrons. The number of aliphatic hydroxyl groups excluding tert-OH is 1. The van der Waals surface area contributed by atoms with Gasteiger partial charge in [0.1, 0.15) is 12.4 Å². The minimum Gasteiger partial charge on any atom is -0.411 e. The minimum absolute atomic E-state index is 0.0773. The summed E-state index contributed by atoms with van der Waals surface area (Å²) >= 11 is 0. The van der Waals surface area contributed by atoms with Crippen molar-refractivity contribution in [1.29, 1.82) is 0 Å². The molecule has 0 saturated carbocycles. The average Bonchev–Trinajstić information content (AvgIpc) is 3.10. The number of hydrogen-bond donors (Lipinski definition) is 2. The third-order valence-corrected chi connectivity index (χ3v) is 9.84. The van der Waals surface area contributed by atoms with E-state index in [2.05, 4.69) is 48.9 Å². The Kier molecular flexibility index (Phi) is 4.61. The third-order valence-electron chi connectivity index (χ3n) is 5.34. The van der Waals surface area contributed by atoms with E-state index in [9.17, 15) is 5.11 Å². The molecule has 0 unspecified atom stereocenters. The molecule has 1 fully saturated rings. The van der Waals surface area contributed by atoms with Gasteiger partial charge in [0.2, 0.25) is 5.95 Å². The van der Waals surface area contributed by atoms with Gasteiger partial charge in [0.05, 0.1) is 25.0 Å². The topological polar surface area (TPSA) is 108 Å². The first-order valence-corrected chi connectivity index (χ1v) is 11.4. The summed E-state index contributed by atoms with van der Waals surface area (Å²) in [6.07, 6.45) is 3.03. The number of anilines is 1. The first kappa shape index (κ1) is 18.2. The minimum atomic E-state index is -1.96. The molecule has 1 aliphatic rings. The van der Waals surface area contributed by atoms with Gasteiger partial charge in [0.15, 0.2) is 14.0 Å². The highest BCUT2D eigenvalue weighted by Gasteiger charge is 2.45. The van der Waals surface area contributed by atoms with Crippen molar-refractivity contribution in [1.82, 2.24) is 19.6 Å². The van der Waals surface area contributed by atoms with E-state index in [1.165, 1.54) is 10.8 Å². The fraction of sp³-hybridized carbons (Fsp3) is 0.688. The Morgan fingerprint density at radius 1 is 1.40 bits per heavy atom. The van der Waals surface area contributed by atoms with Gasteiger partial charge < -0.3 is 20.0 Å². The molecule has 1 saturated heterocycles. The van der Waals surface area contributed by atoms with Gasteiger partial charge in [-0.3, -0.25) is 0 Å². The number of nitrogen functional groups attached to an aromatic ring is 1.